The van der Waals surface area contributed by atoms with Gasteiger partial charge in [-0.1, -0.05) is 18.2 Å². The predicted octanol–water partition coefficient (Wildman–Crippen LogP) is 4.20. The van der Waals surface area contributed by atoms with Gasteiger partial charge in [0.05, 0.1) is 28.4 Å². The van der Waals surface area contributed by atoms with Gasteiger partial charge in [0.2, 0.25) is 0 Å². The van der Waals surface area contributed by atoms with Crippen LogP contribution >= 0.6 is 0 Å². The van der Waals surface area contributed by atoms with E-state index in [1.807, 2.05) is 36.5 Å². The molecule has 0 amide bonds. The second-order valence-electron chi connectivity index (χ2n) is 7.03. The Morgan fingerprint density at radius 1 is 1.12 bits per heavy atom. The normalized spacial score (nSPS) is 17.5. The van der Waals surface area contributed by atoms with Gasteiger partial charge in [0.15, 0.2) is 0 Å². The molecule has 4 nitrogen and oxygen atoms in total. The van der Waals surface area contributed by atoms with E-state index in [9.17, 15) is 0 Å². The van der Waals surface area contributed by atoms with E-state index >= 15 is 0 Å². The average molecular weight is 342 g/mol. The van der Waals surface area contributed by atoms with Crippen LogP contribution in [0, 0.1) is 11.3 Å². The number of nitrogens with zero attached hydrogens (tertiary/aromatic N) is 4. The summed E-state index contributed by atoms with van der Waals surface area (Å²) in [6, 6.07) is 16.6. The van der Waals surface area contributed by atoms with Crippen molar-refractivity contribution in [1.29, 1.82) is 5.26 Å². The Morgan fingerprint density at radius 3 is 2.65 bits per heavy atom. The molecule has 0 unspecified atom stereocenters. The molecule has 1 aromatic heterocycles. The predicted molar refractivity (Wildman–Crippen MR) is 104 cm³/mol. The molecular formula is C22H22N4. The van der Waals surface area contributed by atoms with Gasteiger partial charge in [-0.05, 0) is 61.7 Å². The second-order valence-corrected chi connectivity index (χ2v) is 7.03. The number of hydrogen-bond donors (Lipinski definition) is 0. The molecule has 26 heavy (non-hydrogen) atoms. The van der Waals surface area contributed by atoms with Crippen molar-refractivity contribution in [1.82, 2.24) is 14.9 Å². The largest absolute Gasteiger partial charge is 0.300 e. The lowest BCUT2D eigenvalue weighted by atomic mass is 10.0. The number of likely N-dealkylation sites (tertiary alicyclic amines) is 1. The first-order valence-corrected chi connectivity index (χ1v) is 9.23. The molecule has 0 spiro atoms. The van der Waals surface area contributed by atoms with Gasteiger partial charge in [-0.15, -0.1) is 0 Å². The van der Waals surface area contributed by atoms with Crippen LogP contribution in [0.25, 0.3) is 22.2 Å². The maximum absolute atomic E-state index is 8.92. The van der Waals surface area contributed by atoms with E-state index in [0.717, 1.165) is 40.8 Å². The molecule has 4 rings (SSSR count). The molecule has 0 N–H and O–H groups in total. The number of aromatic nitrogens is 2. The summed E-state index contributed by atoms with van der Waals surface area (Å²) >= 11 is 0. The van der Waals surface area contributed by atoms with Gasteiger partial charge in [0.1, 0.15) is 0 Å². The fraction of sp³-hybridized carbons (Fsp3) is 0.318. The Bertz CT molecular complexity index is 956. The molecule has 0 aliphatic carbocycles. The van der Waals surface area contributed by atoms with Crippen LogP contribution < -0.4 is 0 Å². The maximum atomic E-state index is 8.92. The van der Waals surface area contributed by atoms with E-state index in [0.29, 0.717) is 11.6 Å². The van der Waals surface area contributed by atoms with Crippen LogP contribution in [0.1, 0.15) is 31.0 Å². The molecule has 2 aromatic carbocycles. The Hall–Kier alpha value is -2.77. The minimum atomic E-state index is 0.672. The highest BCUT2D eigenvalue weighted by Gasteiger charge is 2.19. The molecule has 0 radical (unpaired) electrons. The molecule has 2 heterocycles. The van der Waals surface area contributed by atoms with Crippen LogP contribution in [0.4, 0.5) is 0 Å². The third-order valence-electron chi connectivity index (χ3n) is 5.29. The summed E-state index contributed by atoms with van der Waals surface area (Å²) in [5.41, 5.74) is 5.75. The quantitative estimate of drug-likeness (QED) is 0.713. The number of benzene rings is 2. The molecule has 1 saturated heterocycles. The van der Waals surface area contributed by atoms with E-state index in [4.69, 9.17) is 10.2 Å². The van der Waals surface area contributed by atoms with Crippen LogP contribution in [-0.2, 0) is 6.42 Å². The molecule has 1 aliphatic rings. The molecule has 0 bridgehead atoms. The first kappa shape index (κ1) is 16.7. The van der Waals surface area contributed by atoms with Gasteiger partial charge in [0.25, 0.3) is 0 Å². The van der Waals surface area contributed by atoms with Crippen molar-refractivity contribution in [2.75, 3.05) is 13.1 Å². The van der Waals surface area contributed by atoms with Gasteiger partial charge in [-0.3, -0.25) is 4.98 Å². The standard InChI is InChI=1S/C22H22N4/c1-16-3-2-11-26(16)12-10-20-15-24-22-13-19(8-9-21(22)25-20)18-6-4-17(14-23)5-7-18/h4-9,13,15-16H,2-3,10-12H2,1H3/t16-/m1/s1. The molecule has 3 aromatic rings. The first-order valence-electron chi connectivity index (χ1n) is 9.23. The third kappa shape index (κ3) is 3.44. The minimum absolute atomic E-state index is 0.672. The molecule has 1 aliphatic heterocycles. The monoisotopic (exact) mass is 342 g/mol. The van der Waals surface area contributed by atoms with Crippen molar-refractivity contribution < 1.29 is 0 Å². The zero-order valence-electron chi connectivity index (χ0n) is 15.0. The van der Waals surface area contributed by atoms with Crippen molar-refractivity contribution in [3.05, 3.63) is 59.9 Å². The molecule has 130 valence electrons. The van der Waals surface area contributed by atoms with Gasteiger partial charge in [-0.2, -0.15) is 5.26 Å². The topological polar surface area (TPSA) is 52.8 Å². The van der Waals surface area contributed by atoms with Gasteiger partial charge >= 0.3 is 0 Å². The Kier molecular flexibility index (Phi) is 4.64. The number of rotatable bonds is 4. The highest BCUT2D eigenvalue weighted by atomic mass is 15.2. The zero-order chi connectivity index (χ0) is 17.9. The fourth-order valence-electron chi connectivity index (χ4n) is 3.67. The van der Waals surface area contributed by atoms with E-state index in [1.165, 1.54) is 19.4 Å². The van der Waals surface area contributed by atoms with Gasteiger partial charge in [-0.25, -0.2) is 4.98 Å². The van der Waals surface area contributed by atoms with Crippen LogP contribution in [0.3, 0.4) is 0 Å². The summed E-state index contributed by atoms with van der Waals surface area (Å²) in [7, 11) is 0. The Balaban J connectivity index is 1.53. The highest BCUT2D eigenvalue weighted by Crippen LogP contribution is 2.23. The van der Waals surface area contributed by atoms with E-state index < -0.39 is 0 Å². The number of hydrogen-bond acceptors (Lipinski definition) is 4. The Labute approximate surface area is 154 Å². The summed E-state index contributed by atoms with van der Waals surface area (Å²) in [5, 5.41) is 8.92. The second kappa shape index (κ2) is 7.23. The highest BCUT2D eigenvalue weighted by molar-refractivity contribution is 5.81. The van der Waals surface area contributed by atoms with E-state index in [-0.39, 0.29) is 0 Å². The number of nitriles is 1. The minimum Gasteiger partial charge on any atom is -0.300 e. The van der Waals surface area contributed by atoms with Crippen molar-refractivity contribution in [2.45, 2.75) is 32.2 Å². The zero-order valence-corrected chi connectivity index (χ0v) is 15.0. The molecule has 4 heteroatoms. The van der Waals surface area contributed by atoms with Crippen LogP contribution in [0.2, 0.25) is 0 Å². The lowest BCUT2D eigenvalue weighted by Gasteiger charge is -2.20. The van der Waals surface area contributed by atoms with E-state index in [2.05, 4.69) is 35.0 Å². The molecule has 0 saturated carbocycles. The van der Waals surface area contributed by atoms with Crippen molar-refractivity contribution in [2.24, 2.45) is 0 Å². The lowest BCUT2D eigenvalue weighted by molar-refractivity contribution is 0.271. The summed E-state index contributed by atoms with van der Waals surface area (Å²) in [4.78, 5) is 12.0. The third-order valence-corrected chi connectivity index (χ3v) is 5.29. The van der Waals surface area contributed by atoms with Gasteiger partial charge in [0, 0.05) is 25.2 Å². The molecular weight excluding hydrogens is 320 g/mol. The molecule has 1 fully saturated rings. The van der Waals surface area contributed by atoms with Crippen molar-refractivity contribution in [3.8, 4) is 17.2 Å². The summed E-state index contributed by atoms with van der Waals surface area (Å²) in [5.74, 6) is 0. The van der Waals surface area contributed by atoms with Crippen molar-refractivity contribution in [3.63, 3.8) is 0 Å². The van der Waals surface area contributed by atoms with E-state index in [1.54, 1.807) is 0 Å². The molecule has 1 atom stereocenters. The SMILES string of the molecule is C[C@@H]1CCCN1CCc1cnc2cc(-c3ccc(C#N)cc3)ccc2n1. The average Bonchev–Trinajstić information content (AvgIpc) is 3.10. The van der Waals surface area contributed by atoms with Crippen LogP contribution in [0.15, 0.2) is 48.7 Å². The van der Waals surface area contributed by atoms with Crippen LogP contribution in [-0.4, -0.2) is 34.0 Å². The fourth-order valence-corrected chi connectivity index (χ4v) is 3.67. The smallest absolute Gasteiger partial charge is 0.0991 e. The van der Waals surface area contributed by atoms with Gasteiger partial charge < -0.3 is 4.90 Å². The Morgan fingerprint density at radius 2 is 1.92 bits per heavy atom. The number of fused-ring (bicyclic) bond motifs is 1. The summed E-state index contributed by atoms with van der Waals surface area (Å²) < 4.78 is 0. The van der Waals surface area contributed by atoms with Crippen LogP contribution in [0.5, 0.6) is 0 Å². The first-order chi connectivity index (χ1) is 12.7. The maximum Gasteiger partial charge on any atom is 0.0991 e. The summed E-state index contributed by atoms with van der Waals surface area (Å²) in [6.45, 7) is 4.57. The lowest BCUT2D eigenvalue weighted by Crippen LogP contribution is -2.29. The van der Waals surface area contributed by atoms with Crippen molar-refractivity contribution >= 4 is 11.0 Å². The summed E-state index contributed by atoms with van der Waals surface area (Å²) in [6.07, 6.45) is 5.47.